The third kappa shape index (κ3) is 1.85. The SMILES string of the molecule is NCC(O)C(O)c1ccc2[nH]c(=O)oc2c1. The van der Waals surface area contributed by atoms with Crippen molar-refractivity contribution in [2.24, 2.45) is 5.73 Å². The van der Waals surface area contributed by atoms with E-state index in [1.165, 1.54) is 6.07 Å². The first kappa shape index (κ1) is 10.9. The predicted molar refractivity (Wildman–Crippen MR) is 56.9 cm³/mol. The van der Waals surface area contributed by atoms with Crippen LogP contribution in [0.15, 0.2) is 27.4 Å². The van der Waals surface area contributed by atoms with Crippen molar-refractivity contribution >= 4 is 11.1 Å². The molecule has 2 aromatic rings. The van der Waals surface area contributed by atoms with Crippen LogP contribution in [0.2, 0.25) is 0 Å². The van der Waals surface area contributed by atoms with Gasteiger partial charge in [-0.15, -0.1) is 0 Å². The van der Waals surface area contributed by atoms with Crippen LogP contribution in [0.25, 0.3) is 11.1 Å². The van der Waals surface area contributed by atoms with Gasteiger partial charge in [0.1, 0.15) is 6.10 Å². The van der Waals surface area contributed by atoms with Crippen LogP contribution in [-0.2, 0) is 0 Å². The second kappa shape index (κ2) is 4.09. The molecule has 86 valence electrons. The molecule has 0 aliphatic rings. The molecule has 1 heterocycles. The zero-order valence-electron chi connectivity index (χ0n) is 8.38. The lowest BCUT2D eigenvalue weighted by molar-refractivity contribution is 0.0244. The molecule has 2 unspecified atom stereocenters. The number of aliphatic hydroxyl groups is 2. The Morgan fingerprint density at radius 1 is 1.44 bits per heavy atom. The summed E-state index contributed by atoms with van der Waals surface area (Å²) in [5.74, 6) is -0.555. The molecule has 2 rings (SSSR count). The Morgan fingerprint density at radius 3 is 2.88 bits per heavy atom. The molecule has 0 aliphatic carbocycles. The van der Waals surface area contributed by atoms with Crippen LogP contribution in [-0.4, -0.2) is 27.8 Å². The van der Waals surface area contributed by atoms with Gasteiger partial charge >= 0.3 is 5.76 Å². The van der Waals surface area contributed by atoms with E-state index >= 15 is 0 Å². The number of benzene rings is 1. The van der Waals surface area contributed by atoms with Gasteiger partial charge in [0.15, 0.2) is 5.58 Å². The lowest BCUT2D eigenvalue weighted by Gasteiger charge is -2.15. The van der Waals surface area contributed by atoms with Gasteiger partial charge in [0.25, 0.3) is 0 Å². The maximum absolute atomic E-state index is 10.9. The van der Waals surface area contributed by atoms with E-state index in [0.29, 0.717) is 16.7 Å². The second-order valence-electron chi connectivity index (χ2n) is 3.52. The molecule has 0 bridgehead atoms. The zero-order valence-corrected chi connectivity index (χ0v) is 8.38. The highest BCUT2D eigenvalue weighted by Gasteiger charge is 2.17. The fourth-order valence-electron chi connectivity index (χ4n) is 1.50. The Hall–Kier alpha value is -1.63. The van der Waals surface area contributed by atoms with Crippen molar-refractivity contribution in [2.75, 3.05) is 6.54 Å². The van der Waals surface area contributed by atoms with Crippen molar-refractivity contribution in [1.82, 2.24) is 4.98 Å². The standard InChI is InChI=1S/C10H12N2O4/c11-4-7(13)9(14)5-1-2-6-8(3-5)16-10(15)12-6/h1-3,7,9,13-14H,4,11H2,(H,12,15). The number of nitrogens with one attached hydrogen (secondary N) is 1. The highest BCUT2D eigenvalue weighted by molar-refractivity contribution is 5.72. The topological polar surface area (TPSA) is 112 Å². The summed E-state index contributed by atoms with van der Waals surface area (Å²) in [4.78, 5) is 13.4. The van der Waals surface area contributed by atoms with Crippen LogP contribution < -0.4 is 11.5 Å². The number of aromatic amines is 1. The van der Waals surface area contributed by atoms with E-state index < -0.39 is 18.0 Å². The first-order chi connectivity index (χ1) is 7.61. The summed E-state index contributed by atoms with van der Waals surface area (Å²) in [6, 6.07) is 4.69. The minimum atomic E-state index is -1.09. The number of oxazole rings is 1. The minimum Gasteiger partial charge on any atom is -0.408 e. The summed E-state index contributed by atoms with van der Waals surface area (Å²) < 4.78 is 4.84. The van der Waals surface area contributed by atoms with E-state index in [1.54, 1.807) is 12.1 Å². The van der Waals surface area contributed by atoms with Gasteiger partial charge in [-0.1, -0.05) is 6.07 Å². The molecule has 0 fully saturated rings. The van der Waals surface area contributed by atoms with E-state index in [0.717, 1.165) is 0 Å². The first-order valence-corrected chi connectivity index (χ1v) is 4.81. The number of hydrogen-bond donors (Lipinski definition) is 4. The van der Waals surface area contributed by atoms with Crippen molar-refractivity contribution in [1.29, 1.82) is 0 Å². The van der Waals surface area contributed by atoms with Crippen molar-refractivity contribution in [3.63, 3.8) is 0 Å². The Morgan fingerprint density at radius 2 is 2.19 bits per heavy atom. The predicted octanol–water partition coefficient (Wildman–Crippen LogP) is -0.526. The normalized spacial score (nSPS) is 15.2. The number of aromatic nitrogens is 1. The molecule has 0 saturated carbocycles. The van der Waals surface area contributed by atoms with Crippen LogP contribution >= 0.6 is 0 Å². The van der Waals surface area contributed by atoms with E-state index in [-0.39, 0.29) is 6.54 Å². The largest absolute Gasteiger partial charge is 0.417 e. The highest BCUT2D eigenvalue weighted by atomic mass is 16.4. The monoisotopic (exact) mass is 224 g/mol. The molecule has 6 nitrogen and oxygen atoms in total. The number of rotatable bonds is 3. The molecule has 0 saturated heterocycles. The molecular formula is C10H12N2O4. The van der Waals surface area contributed by atoms with Gasteiger partial charge in [0.05, 0.1) is 11.6 Å². The van der Waals surface area contributed by atoms with Gasteiger partial charge in [-0.25, -0.2) is 4.79 Å². The number of fused-ring (bicyclic) bond motifs is 1. The molecule has 0 spiro atoms. The smallest absolute Gasteiger partial charge is 0.408 e. The maximum atomic E-state index is 10.9. The Labute approximate surface area is 90.3 Å². The summed E-state index contributed by atoms with van der Waals surface area (Å²) >= 11 is 0. The maximum Gasteiger partial charge on any atom is 0.417 e. The van der Waals surface area contributed by atoms with Crippen LogP contribution in [0.3, 0.4) is 0 Å². The first-order valence-electron chi connectivity index (χ1n) is 4.81. The Bertz CT molecular complexity index is 545. The van der Waals surface area contributed by atoms with E-state index in [2.05, 4.69) is 4.98 Å². The van der Waals surface area contributed by atoms with E-state index in [9.17, 15) is 15.0 Å². The van der Waals surface area contributed by atoms with E-state index in [4.69, 9.17) is 10.2 Å². The molecule has 16 heavy (non-hydrogen) atoms. The molecule has 0 amide bonds. The van der Waals surface area contributed by atoms with Crippen LogP contribution in [0, 0.1) is 0 Å². The van der Waals surface area contributed by atoms with Crippen molar-refractivity contribution in [2.45, 2.75) is 12.2 Å². The Kier molecular flexibility index (Phi) is 2.78. The summed E-state index contributed by atoms with van der Waals surface area (Å²) in [6.45, 7) is -0.0453. The zero-order chi connectivity index (χ0) is 11.7. The second-order valence-corrected chi connectivity index (χ2v) is 3.52. The molecule has 6 heteroatoms. The van der Waals surface area contributed by atoms with Crippen molar-refractivity contribution < 1.29 is 14.6 Å². The van der Waals surface area contributed by atoms with Gasteiger partial charge in [-0.2, -0.15) is 0 Å². The lowest BCUT2D eigenvalue weighted by atomic mass is 10.0. The molecular weight excluding hydrogens is 212 g/mol. The minimum absolute atomic E-state index is 0.0453. The fourth-order valence-corrected chi connectivity index (χ4v) is 1.50. The lowest BCUT2D eigenvalue weighted by Crippen LogP contribution is -2.27. The van der Waals surface area contributed by atoms with Gasteiger partial charge in [0, 0.05) is 6.54 Å². The third-order valence-corrected chi connectivity index (χ3v) is 2.39. The number of hydrogen-bond acceptors (Lipinski definition) is 5. The Balaban J connectivity index is 2.42. The quantitative estimate of drug-likeness (QED) is 0.560. The van der Waals surface area contributed by atoms with Crippen molar-refractivity contribution in [3.8, 4) is 0 Å². The molecule has 1 aromatic heterocycles. The number of nitrogens with two attached hydrogens (primary N) is 1. The van der Waals surface area contributed by atoms with Crippen LogP contribution in [0.4, 0.5) is 0 Å². The fraction of sp³-hybridized carbons (Fsp3) is 0.300. The van der Waals surface area contributed by atoms with Gasteiger partial charge in [0.2, 0.25) is 0 Å². The molecule has 0 radical (unpaired) electrons. The summed E-state index contributed by atoms with van der Waals surface area (Å²) in [5, 5.41) is 19.1. The highest BCUT2D eigenvalue weighted by Crippen LogP contribution is 2.20. The summed E-state index contributed by atoms with van der Waals surface area (Å²) in [5.41, 5.74) is 6.57. The van der Waals surface area contributed by atoms with Gasteiger partial charge in [-0.3, -0.25) is 4.98 Å². The number of aliphatic hydroxyl groups excluding tert-OH is 2. The number of H-pyrrole nitrogens is 1. The van der Waals surface area contributed by atoms with Crippen LogP contribution in [0.5, 0.6) is 0 Å². The van der Waals surface area contributed by atoms with Crippen LogP contribution in [0.1, 0.15) is 11.7 Å². The van der Waals surface area contributed by atoms with Gasteiger partial charge in [-0.05, 0) is 17.7 Å². The van der Waals surface area contributed by atoms with Gasteiger partial charge < -0.3 is 20.4 Å². The average molecular weight is 224 g/mol. The molecule has 5 N–H and O–H groups in total. The molecule has 1 aromatic carbocycles. The summed E-state index contributed by atoms with van der Waals surface area (Å²) in [7, 11) is 0. The van der Waals surface area contributed by atoms with E-state index in [1.807, 2.05) is 0 Å². The third-order valence-electron chi connectivity index (χ3n) is 2.39. The molecule has 2 atom stereocenters. The summed E-state index contributed by atoms with van der Waals surface area (Å²) in [6.07, 6.45) is -2.13. The van der Waals surface area contributed by atoms with Crippen molar-refractivity contribution in [3.05, 3.63) is 34.3 Å². The molecule has 0 aliphatic heterocycles. The average Bonchev–Trinajstić information content (AvgIpc) is 2.65.